The van der Waals surface area contributed by atoms with Gasteiger partial charge in [0.2, 0.25) is 0 Å². The summed E-state index contributed by atoms with van der Waals surface area (Å²) in [6, 6.07) is 51.7. The number of rotatable bonds is 3. The Hall–Kier alpha value is -5.71. The monoisotopic (exact) mass is 606 g/mol. The van der Waals surface area contributed by atoms with Crippen LogP contribution in [0.5, 0.6) is 0 Å². The number of furan rings is 1. The molecule has 0 bridgehead atoms. The molecule has 2 aromatic heterocycles. The SMILES string of the molecule is c1ccc(-c2cccc3c2oc2c4ccccc4c(C4N=C(c5ccc6ccccc6c5)c5sc6ccccc6c5N4)cc32)cc1. The normalized spacial score (nSPS) is 14.6. The smallest absolute Gasteiger partial charge is 0.146 e. The predicted molar refractivity (Wildman–Crippen MR) is 194 cm³/mol. The molecule has 1 unspecified atom stereocenters. The highest BCUT2D eigenvalue weighted by Gasteiger charge is 2.29. The average molecular weight is 607 g/mol. The Morgan fingerprint density at radius 1 is 0.543 bits per heavy atom. The third-order valence-electron chi connectivity index (χ3n) is 9.29. The first kappa shape index (κ1) is 25.6. The molecule has 9 aromatic rings. The lowest BCUT2D eigenvalue weighted by atomic mass is 9.95. The van der Waals surface area contributed by atoms with Crippen molar-refractivity contribution in [3.63, 3.8) is 0 Å². The first-order chi connectivity index (χ1) is 22.8. The van der Waals surface area contributed by atoms with Crippen molar-refractivity contribution in [2.24, 2.45) is 4.99 Å². The number of anilines is 1. The van der Waals surface area contributed by atoms with E-state index in [-0.39, 0.29) is 6.17 Å². The Morgan fingerprint density at radius 3 is 2.15 bits per heavy atom. The summed E-state index contributed by atoms with van der Waals surface area (Å²) in [5.41, 5.74) is 8.51. The zero-order valence-corrected chi connectivity index (χ0v) is 25.5. The van der Waals surface area contributed by atoms with Crippen molar-refractivity contribution in [3.8, 4) is 11.1 Å². The van der Waals surface area contributed by atoms with Crippen LogP contribution in [0.2, 0.25) is 0 Å². The van der Waals surface area contributed by atoms with Gasteiger partial charge in [0, 0.05) is 42.9 Å². The maximum absolute atomic E-state index is 6.77. The highest BCUT2D eigenvalue weighted by Crippen LogP contribution is 2.46. The number of thiophene rings is 1. The first-order valence-corrected chi connectivity index (χ1v) is 16.4. The van der Waals surface area contributed by atoms with Crippen molar-refractivity contribution in [2.75, 3.05) is 5.32 Å². The summed E-state index contributed by atoms with van der Waals surface area (Å²) in [6.45, 7) is 0. The highest BCUT2D eigenvalue weighted by molar-refractivity contribution is 7.22. The molecule has 1 atom stereocenters. The maximum atomic E-state index is 6.77. The topological polar surface area (TPSA) is 37.5 Å². The van der Waals surface area contributed by atoms with Crippen molar-refractivity contribution in [3.05, 3.63) is 162 Å². The van der Waals surface area contributed by atoms with E-state index in [1.54, 1.807) is 11.3 Å². The number of hydrogen-bond donors (Lipinski definition) is 1. The van der Waals surface area contributed by atoms with Gasteiger partial charge in [-0.3, -0.25) is 4.99 Å². The van der Waals surface area contributed by atoms with E-state index in [2.05, 4.69) is 145 Å². The molecule has 3 heterocycles. The fourth-order valence-electron chi connectivity index (χ4n) is 7.12. The zero-order valence-electron chi connectivity index (χ0n) is 24.7. The quantitative estimate of drug-likeness (QED) is 0.217. The molecule has 0 spiro atoms. The molecule has 4 heteroatoms. The molecule has 1 aliphatic rings. The minimum atomic E-state index is -0.288. The van der Waals surface area contributed by atoms with Crippen molar-refractivity contribution in [2.45, 2.75) is 6.17 Å². The minimum absolute atomic E-state index is 0.288. The fourth-order valence-corrected chi connectivity index (χ4v) is 8.31. The summed E-state index contributed by atoms with van der Waals surface area (Å²) in [7, 11) is 0. The first-order valence-electron chi connectivity index (χ1n) is 15.6. The van der Waals surface area contributed by atoms with Crippen LogP contribution in [0, 0.1) is 0 Å². The van der Waals surface area contributed by atoms with Gasteiger partial charge in [-0.15, -0.1) is 11.3 Å². The number of benzene rings is 7. The molecule has 0 aliphatic carbocycles. The molecule has 1 N–H and O–H groups in total. The van der Waals surface area contributed by atoms with E-state index >= 15 is 0 Å². The van der Waals surface area contributed by atoms with Gasteiger partial charge in [0.15, 0.2) is 0 Å². The second kappa shape index (κ2) is 9.90. The fraction of sp³-hybridized carbons (Fsp3) is 0.0238. The van der Waals surface area contributed by atoms with Crippen LogP contribution in [-0.2, 0) is 0 Å². The van der Waals surface area contributed by atoms with Crippen molar-refractivity contribution >= 4 is 76.3 Å². The van der Waals surface area contributed by atoms with Crippen LogP contribution in [0.15, 0.2) is 155 Å². The van der Waals surface area contributed by atoms with E-state index in [1.807, 2.05) is 6.07 Å². The Kier molecular flexibility index (Phi) is 5.51. The molecule has 7 aromatic carbocycles. The summed E-state index contributed by atoms with van der Waals surface area (Å²) in [5.74, 6) is 0. The third-order valence-corrected chi connectivity index (χ3v) is 10.5. The largest absolute Gasteiger partial charge is 0.455 e. The zero-order chi connectivity index (χ0) is 30.2. The van der Waals surface area contributed by atoms with Gasteiger partial charge in [-0.25, -0.2) is 0 Å². The molecule has 46 heavy (non-hydrogen) atoms. The summed E-state index contributed by atoms with van der Waals surface area (Å²) in [5, 5.41) is 12.0. The van der Waals surface area contributed by atoms with Gasteiger partial charge in [-0.2, -0.15) is 0 Å². The minimum Gasteiger partial charge on any atom is -0.455 e. The molecule has 10 rings (SSSR count). The molecule has 0 radical (unpaired) electrons. The van der Waals surface area contributed by atoms with Gasteiger partial charge < -0.3 is 9.73 Å². The van der Waals surface area contributed by atoms with Crippen molar-refractivity contribution < 1.29 is 4.42 Å². The number of aliphatic imine (C=N–C) groups is 1. The average Bonchev–Trinajstić information content (AvgIpc) is 3.70. The Balaban J connectivity index is 1.24. The maximum Gasteiger partial charge on any atom is 0.146 e. The lowest BCUT2D eigenvalue weighted by Gasteiger charge is -2.25. The van der Waals surface area contributed by atoms with E-state index in [0.29, 0.717) is 0 Å². The van der Waals surface area contributed by atoms with E-state index in [9.17, 15) is 0 Å². The number of fused-ring (bicyclic) bond motifs is 9. The second-order valence-corrected chi connectivity index (χ2v) is 13.0. The van der Waals surface area contributed by atoms with E-state index in [0.717, 1.165) is 66.4 Å². The van der Waals surface area contributed by atoms with Crippen LogP contribution in [0.25, 0.3) is 64.7 Å². The van der Waals surface area contributed by atoms with E-state index in [1.165, 1.54) is 25.7 Å². The van der Waals surface area contributed by atoms with Crippen LogP contribution in [0.4, 0.5) is 5.69 Å². The number of para-hydroxylation sites is 1. The second-order valence-electron chi connectivity index (χ2n) is 11.9. The van der Waals surface area contributed by atoms with E-state index in [4.69, 9.17) is 9.41 Å². The molecule has 0 saturated heterocycles. The molecular formula is C42H26N2OS. The van der Waals surface area contributed by atoms with Crippen LogP contribution in [0.3, 0.4) is 0 Å². The summed E-state index contributed by atoms with van der Waals surface area (Å²) in [4.78, 5) is 6.72. The van der Waals surface area contributed by atoms with E-state index < -0.39 is 0 Å². The summed E-state index contributed by atoms with van der Waals surface area (Å²) in [6.07, 6.45) is -0.288. The van der Waals surface area contributed by atoms with Crippen LogP contribution in [-0.4, -0.2) is 5.71 Å². The molecule has 0 amide bonds. The molecule has 0 saturated carbocycles. The molecule has 0 fully saturated rings. The van der Waals surface area contributed by atoms with Crippen LogP contribution < -0.4 is 5.32 Å². The molecule has 3 nitrogen and oxygen atoms in total. The number of hydrogen-bond acceptors (Lipinski definition) is 4. The van der Waals surface area contributed by atoms with Crippen molar-refractivity contribution in [1.82, 2.24) is 0 Å². The highest BCUT2D eigenvalue weighted by atomic mass is 32.1. The lowest BCUT2D eigenvalue weighted by molar-refractivity contribution is 0.673. The van der Waals surface area contributed by atoms with Crippen molar-refractivity contribution in [1.29, 1.82) is 0 Å². The standard InChI is InChI=1S/C42H26N2OS/c1-2-12-26(13-3-1)29-18-10-19-32-34-24-35(30-15-6-7-16-31(30)40(34)45-39(29)32)42-43-37(28-22-21-25-11-4-5-14-27(25)23-28)41-38(44-42)33-17-8-9-20-36(33)46-41/h1-24,42,44H. The molecule has 216 valence electrons. The van der Waals surface area contributed by atoms with Gasteiger partial charge in [0.1, 0.15) is 17.3 Å². The van der Waals surface area contributed by atoms with Crippen LogP contribution >= 0.6 is 11.3 Å². The number of nitrogens with zero attached hydrogens (tertiary/aromatic N) is 1. The van der Waals surface area contributed by atoms with Gasteiger partial charge >= 0.3 is 0 Å². The Morgan fingerprint density at radius 2 is 1.26 bits per heavy atom. The summed E-state index contributed by atoms with van der Waals surface area (Å²) >= 11 is 1.81. The van der Waals surface area contributed by atoms with Crippen LogP contribution in [0.1, 0.15) is 22.2 Å². The predicted octanol–water partition coefficient (Wildman–Crippen LogP) is 11.7. The molecule has 1 aliphatic heterocycles. The van der Waals surface area contributed by atoms with Gasteiger partial charge in [-0.1, -0.05) is 127 Å². The van der Waals surface area contributed by atoms with Gasteiger partial charge in [0.05, 0.1) is 16.3 Å². The Labute approximate surface area is 269 Å². The van der Waals surface area contributed by atoms with Gasteiger partial charge in [0.25, 0.3) is 0 Å². The third kappa shape index (κ3) is 3.81. The number of nitrogens with one attached hydrogen (secondary N) is 1. The Bertz CT molecular complexity index is 2680. The lowest BCUT2D eigenvalue weighted by Crippen LogP contribution is -2.19. The molecular weight excluding hydrogens is 581 g/mol. The summed E-state index contributed by atoms with van der Waals surface area (Å²) < 4.78 is 8.03. The van der Waals surface area contributed by atoms with Gasteiger partial charge in [-0.05, 0) is 39.9 Å².